The second kappa shape index (κ2) is 12.7. The molecule has 2 aromatic rings. The number of β-amino-alcohol motifs (C(OH)–C–C–N with tert-alkyl or cyclic N) is 1. The van der Waals surface area contributed by atoms with E-state index in [1.165, 1.54) is 11.4 Å². The van der Waals surface area contributed by atoms with Gasteiger partial charge in [-0.25, -0.2) is 0 Å². The second-order valence-electron chi connectivity index (χ2n) is 7.54. The Morgan fingerprint density at radius 2 is 1.21 bits per heavy atom. The summed E-state index contributed by atoms with van der Waals surface area (Å²) in [7, 11) is 0. The maximum Gasteiger partial charge on any atom is 0.0639 e. The molecule has 2 aliphatic heterocycles. The van der Waals surface area contributed by atoms with E-state index >= 15 is 0 Å². The van der Waals surface area contributed by atoms with E-state index in [-0.39, 0.29) is 18.5 Å². The highest BCUT2D eigenvalue weighted by molar-refractivity contribution is 5.85. The molecule has 0 radical (unpaired) electrons. The molecule has 0 bridgehead atoms. The van der Waals surface area contributed by atoms with Crippen LogP contribution >= 0.6 is 12.4 Å². The molecule has 160 valence electrons. The van der Waals surface area contributed by atoms with Gasteiger partial charge in [-0.05, 0) is 31.2 Å². The van der Waals surface area contributed by atoms with Gasteiger partial charge in [-0.15, -0.1) is 12.4 Å². The highest BCUT2D eigenvalue weighted by Gasteiger charge is 2.17. The van der Waals surface area contributed by atoms with E-state index in [9.17, 15) is 5.11 Å². The molecule has 1 unspecified atom stereocenters. The molecule has 2 aliphatic rings. The minimum atomic E-state index is -0.219. The van der Waals surface area contributed by atoms with Crippen molar-refractivity contribution in [2.75, 3.05) is 68.7 Å². The first-order valence-electron chi connectivity index (χ1n) is 10.4. The zero-order valence-electron chi connectivity index (χ0n) is 17.4. The third-order valence-corrected chi connectivity index (χ3v) is 5.25. The summed E-state index contributed by atoms with van der Waals surface area (Å²) in [5.41, 5.74) is 2.65. The topological polar surface area (TPSA) is 42.0 Å². The first-order valence-corrected chi connectivity index (χ1v) is 10.4. The Morgan fingerprint density at radius 1 is 0.759 bits per heavy atom. The summed E-state index contributed by atoms with van der Waals surface area (Å²) in [6, 6.07) is 21.1. The lowest BCUT2D eigenvalue weighted by atomic mass is 10.2. The van der Waals surface area contributed by atoms with Crippen molar-refractivity contribution in [1.82, 2.24) is 10.2 Å². The minimum absolute atomic E-state index is 0. The molecular formula is C23H35ClN4O. The van der Waals surface area contributed by atoms with Crippen LogP contribution in [0.25, 0.3) is 0 Å². The van der Waals surface area contributed by atoms with Gasteiger partial charge in [0.2, 0.25) is 0 Å². The van der Waals surface area contributed by atoms with Gasteiger partial charge in [0, 0.05) is 70.3 Å². The Bertz CT molecular complexity index is 657. The summed E-state index contributed by atoms with van der Waals surface area (Å²) < 4.78 is 0. The number of nitrogens with one attached hydrogen (secondary N) is 1. The van der Waals surface area contributed by atoms with Crippen LogP contribution in [0, 0.1) is 0 Å². The molecule has 2 aromatic carbocycles. The predicted molar refractivity (Wildman–Crippen MR) is 126 cm³/mol. The summed E-state index contributed by atoms with van der Waals surface area (Å²) in [6.45, 7) is 11.3. The van der Waals surface area contributed by atoms with Crippen LogP contribution in [0.15, 0.2) is 60.7 Å². The van der Waals surface area contributed by atoms with Crippen LogP contribution in [-0.2, 0) is 0 Å². The fourth-order valence-corrected chi connectivity index (χ4v) is 3.76. The fraction of sp³-hybridized carbons (Fsp3) is 0.478. The SMILES string of the molecule is CC(O)CN1CCN(c2ccccc2)CC1.Cl.c1ccc(N2CCNCC2)cc1. The van der Waals surface area contributed by atoms with E-state index in [1.807, 2.05) is 13.0 Å². The third kappa shape index (κ3) is 7.86. The molecule has 2 heterocycles. The molecule has 0 saturated carbocycles. The molecule has 0 aliphatic carbocycles. The van der Waals surface area contributed by atoms with Gasteiger partial charge in [0.15, 0.2) is 0 Å². The third-order valence-electron chi connectivity index (χ3n) is 5.25. The zero-order valence-corrected chi connectivity index (χ0v) is 18.2. The molecule has 1 atom stereocenters. The van der Waals surface area contributed by atoms with Crippen LogP contribution < -0.4 is 15.1 Å². The molecule has 5 nitrogen and oxygen atoms in total. The lowest BCUT2D eigenvalue weighted by molar-refractivity contribution is 0.123. The van der Waals surface area contributed by atoms with Crippen molar-refractivity contribution in [3.05, 3.63) is 60.7 Å². The highest BCUT2D eigenvalue weighted by Crippen LogP contribution is 2.15. The van der Waals surface area contributed by atoms with Crippen molar-refractivity contribution in [3.8, 4) is 0 Å². The minimum Gasteiger partial charge on any atom is -0.392 e. The number of aliphatic hydroxyl groups is 1. The van der Waals surface area contributed by atoms with Gasteiger partial charge < -0.3 is 20.2 Å². The Balaban J connectivity index is 0.000000207. The second-order valence-corrected chi connectivity index (χ2v) is 7.54. The molecule has 29 heavy (non-hydrogen) atoms. The number of benzene rings is 2. The van der Waals surface area contributed by atoms with Crippen LogP contribution in [0.2, 0.25) is 0 Å². The Labute approximate surface area is 181 Å². The van der Waals surface area contributed by atoms with Crippen LogP contribution in [-0.4, -0.2) is 75.0 Å². The molecular weight excluding hydrogens is 384 g/mol. The molecule has 0 aromatic heterocycles. The van der Waals surface area contributed by atoms with Crippen LogP contribution in [0.1, 0.15) is 6.92 Å². The quantitative estimate of drug-likeness (QED) is 0.799. The molecule has 6 heteroatoms. The molecule has 0 spiro atoms. The Hall–Kier alpha value is -1.79. The normalized spacial score (nSPS) is 18.3. The monoisotopic (exact) mass is 418 g/mol. The number of piperazine rings is 2. The van der Waals surface area contributed by atoms with Gasteiger partial charge in [-0.1, -0.05) is 36.4 Å². The van der Waals surface area contributed by atoms with Crippen molar-refractivity contribution in [2.45, 2.75) is 13.0 Å². The van der Waals surface area contributed by atoms with Crippen LogP contribution in [0.5, 0.6) is 0 Å². The van der Waals surface area contributed by atoms with Crippen LogP contribution in [0.3, 0.4) is 0 Å². The Morgan fingerprint density at radius 3 is 1.66 bits per heavy atom. The first-order chi connectivity index (χ1) is 13.7. The number of hydrogen-bond donors (Lipinski definition) is 2. The van der Waals surface area contributed by atoms with Gasteiger partial charge in [-0.2, -0.15) is 0 Å². The number of anilines is 2. The average Bonchev–Trinajstić information content (AvgIpc) is 2.76. The summed E-state index contributed by atoms with van der Waals surface area (Å²) in [5.74, 6) is 0. The number of rotatable bonds is 4. The molecule has 2 saturated heterocycles. The van der Waals surface area contributed by atoms with Gasteiger partial charge >= 0.3 is 0 Å². The van der Waals surface area contributed by atoms with Crippen molar-refractivity contribution < 1.29 is 5.11 Å². The van der Waals surface area contributed by atoms with E-state index in [2.05, 4.69) is 74.6 Å². The molecule has 2 N–H and O–H groups in total. The number of aliphatic hydroxyl groups excluding tert-OH is 1. The van der Waals surface area contributed by atoms with E-state index < -0.39 is 0 Å². The molecule has 0 amide bonds. The maximum absolute atomic E-state index is 9.33. The van der Waals surface area contributed by atoms with Crippen molar-refractivity contribution in [2.24, 2.45) is 0 Å². The fourth-order valence-electron chi connectivity index (χ4n) is 3.76. The van der Waals surface area contributed by atoms with E-state index in [0.717, 1.165) is 58.9 Å². The smallest absolute Gasteiger partial charge is 0.0639 e. The van der Waals surface area contributed by atoms with E-state index in [4.69, 9.17) is 0 Å². The number of nitrogens with zero attached hydrogens (tertiary/aromatic N) is 3. The maximum atomic E-state index is 9.33. The summed E-state index contributed by atoms with van der Waals surface area (Å²) in [5, 5.41) is 12.7. The summed E-state index contributed by atoms with van der Waals surface area (Å²) >= 11 is 0. The standard InChI is InChI=1S/C13H20N2O.C10H14N2.ClH/c1-12(16)11-14-7-9-15(10-8-14)13-5-3-2-4-6-13;1-2-4-10(5-3-1)12-8-6-11-7-9-12;/h2-6,12,16H,7-11H2,1H3;1-5,11H,6-9H2;1H. The number of hydrogen-bond acceptors (Lipinski definition) is 5. The van der Waals surface area contributed by atoms with Crippen molar-refractivity contribution in [1.29, 1.82) is 0 Å². The van der Waals surface area contributed by atoms with Crippen molar-refractivity contribution in [3.63, 3.8) is 0 Å². The van der Waals surface area contributed by atoms with Gasteiger partial charge in [0.05, 0.1) is 6.10 Å². The summed E-state index contributed by atoms with van der Waals surface area (Å²) in [6.07, 6.45) is -0.219. The number of halogens is 1. The number of para-hydroxylation sites is 2. The van der Waals surface area contributed by atoms with Gasteiger partial charge in [-0.3, -0.25) is 4.90 Å². The van der Waals surface area contributed by atoms with Gasteiger partial charge in [0.1, 0.15) is 0 Å². The predicted octanol–water partition coefficient (Wildman–Crippen LogP) is 2.71. The zero-order chi connectivity index (χ0) is 19.6. The van der Waals surface area contributed by atoms with E-state index in [1.54, 1.807) is 0 Å². The largest absolute Gasteiger partial charge is 0.392 e. The summed E-state index contributed by atoms with van der Waals surface area (Å²) in [4.78, 5) is 7.14. The molecule has 2 fully saturated rings. The Kier molecular flexibility index (Phi) is 10.3. The van der Waals surface area contributed by atoms with E-state index in [0.29, 0.717) is 0 Å². The first kappa shape index (κ1) is 23.5. The van der Waals surface area contributed by atoms with Crippen molar-refractivity contribution >= 4 is 23.8 Å². The van der Waals surface area contributed by atoms with Crippen LogP contribution in [0.4, 0.5) is 11.4 Å². The molecule has 4 rings (SSSR count). The highest BCUT2D eigenvalue weighted by atomic mass is 35.5. The lowest BCUT2D eigenvalue weighted by Crippen LogP contribution is -2.48. The average molecular weight is 419 g/mol. The van der Waals surface area contributed by atoms with Gasteiger partial charge in [0.25, 0.3) is 0 Å². The lowest BCUT2D eigenvalue weighted by Gasteiger charge is -2.36.